The minimum absolute atomic E-state index is 0.201. The van der Waals surface area contributed by atoms with Gasteiger partial charge in [-0.3, -0.25) is 4.98 Å². The maximum Gasteiger partial charge on any atom is 0.513 e. The molecule has 0 saturated heterocycles. The minimum Gasteiger partial charge on any atom is -0.434 e. The van der Waals surface area contributed by atoms with Crippen LogP contribution in [0.1, 0.15) is 12.6 Å². The third kappa shape index (κ3) is 3.81. The van der Waals surface area contributed by atoms with Gasteiger partial charge in [0.15, 0.2) is 11.6 Å². The van der Waals surface area contributed by atoms with Crippen molar-refractivity contribution in [3.8, 4) is 28.5 Å². The van der Waals surface area contributed by atoms with Gasteiger partial charge in [0.05, 0.1) is 17.3 Å². The number of carbonyl (C=O) groups is 1. The van der Waals surface area contributed by atoms with E-state index in [0.29, 0.717) is 33.5 Å². The second-order valence-corrected chi connectivity index (χ2v) is 5.70. The van der Waals surface area contributed by atoms with Crippen molar-refractivity contribution >= 4 is 17.8 Å². The van der Waals surface area contributed by atoms with Gasteiger partial charge in [-0.2, -0.15) is 0 Å². The molecule has 0 aliphatic carbocycles. The number of pyridine rings is 1. The lowest BCUT2D eigenvalue weighted by Crippen LogP contribution is -2.13. The van der Waals surface area contributed by atoms with E-state index in [-0.39, 0.29) is 12.4 Å². The van der Waals surface area contributed by atoms with Gasteiger partial charge in [0.1, 0.15) is 11.4 Å². The Morgan fingerprint density at radius 3 is 2.58 bits per heavy atom. The summed E-state index contributed by atoms with van der Waals surface area (Å²) in [5.74, 6) is 0.616. The van der Waals surface area contributed by atoms with Gasteiger partial charge in [0.25, 0.3) is 0 Å². The van der Waals surface area contributed by atoms with Gasteiger partial charge in [-0.15, -0.1) is 0 Å². The standard InChI is InChI=1S/C19H16ClN3O3/c1-3-25-19(24)26-17-12(2)22-18(15-10-6-7-11-21-15)23-16(17)13-8-4-5-9-14(13)20/h4-11H,3H2,1-2H3. The molecule has 3 rings (SSSR count). The minimum atomic E-state index is -0.821. The van der Waals surface area contributed by atoms with Crippen molar-refractivity contribution in [3.05, 3.63) is 59.4 Å². The monoisotopic (exact) mass is 369 g/mol. The summed E-state index contributed by atoms with van der Waals surface area (Å²) in [7, 11) is 0. The predicted octanol–water partition coefficient (Wildman–Crippen LogP) is 4.70. The molecule has 0 aliphatic heterocycles. The first kappa shape index (κ1) is 17.8. The third-order valence-corrected chi connectivity index (χ3v) is 3.84. The van der Waals surface area contributed by atoms with Gasteiger partial charge < -0.3 is 9.47 Å². The van der Waals surface area contributed by atoms with E-state index in [4.69, 9.17) is 21.1 Å². The molecule has 0 spiro atoms. The molecular formula is C19H16ClN3O3. The van der Waals surface area contributed by atoms with Crippen LogP contribution in [0.25, 0.3) is 22.8 Å². The number of carbonyl (C=O) groups excluding carboxylic acids is 1. The van der Waals surface area contributed by atoms with Crippen molar-refractivity contribution in [1.29, 1.82) is 0 Å². The molecule has 6 nitrogen and oxygen atoms in total. The molecule has 7 heteroatoms. The van der Waals surface area contributed by atoms with Crippen molar-refractivity contribution in [1.82, 2.24) is 15.0 Å². The Morgan fingerprint density at radius 1 is 1.12 bits per heavy atom. The lowest BCUT2D eigenvalue weighted by Gasteiger charge is -2.14. The first-order valence-electron chi connectivity index (χ1n) is 7.99. The van der Waals surface area contributed by atoms with Crippen LogP contribution in [0, 0.1) is 6.92 Å². The Hall–Kier alpha value is -2.99. The highest BCUT2D eigenvalue weighted by Crippen LogP contribution is 2.36. The van der Waals surface area contributed by atoms with Gasteiger partial charge in [-0.05, 0) is 32.0 Å². The number of aryl methyl sites for hydroxylation is 1. The van der Waals surface area contributed by atoms with Crippen LogP contribution in [0.2, 0.25) is 5.02 Å². The average molecular weight is 370 g/mol. The molecule has 0 fully saturated rings. The molecular weight excluding hydrogens is 354 g/mol. The van der Waals surface area contributed by atoms with Gasteiger partial charge in [0, 0.05) is 11.8 Å². The highest BCUT2D eigenvalue weighted by atomic mass is 35.5. The van der Waals surface area contributed by atoms with Crippen LogP contribution in [-0.2, 0) is 4.74 Å². The van der Waals surface area contributed by atoms with Gasteiger partial charge >= 0.3 is 6.16 Å². The second-order valence-electron chi connectivity index (χ2n) is 5.29. The summed E-state index contributed by atoms with van der Waals surface area (Å²) in [5, 5.41) is 0.478. The van der Waals surface area contributed by atoms with Crippen molar-refractivity contribution < 1.29 is 14.3 Å². The summed E-state index contributed by atoms with van der Waals surface area (Å²) in [6.45, 7) is 3.62. The number of ether oxygens (including phenoxy) is 2. The van der Waals surface area contributed by atoms with E-state index >= 15 is 0 Å². The van der Waals surface area contributed by atoms with Gasteiger partial charge in [-0.1, -0.05) is 35.9 Å². The van der Waals surface area contributed by atoms with E-state index in [0.717, 1.165) is 0 Å². The molecule has 1 aromatic carbocycles. The van der Waals surface area contributed by atoms with E-state index in [1.165, 1.54) is 0 Å². The molecule has 3 aromatic rings. The second kappa shape index (κ2) is 7.93. The van der Waals surface area contributed by atoms with Gasteiger partial charge in [-0.25, -0.2) is 14.8 Å². The summed E-state index contributed by atoms with van der Waals surface area (Å²) >= 11 is 6.33. The molecule has 0 amide bonds. The fraction of sp³-hybridized carbons (Fsp3) is 0.158. The SMILES string of the molecule is CCOC(=O)Oc1c(C)nc(-c2ccccn2)nc1-c1ccccc1Cl. The molecule has 0 bridgehead atoms. The van der Waals surface area contributed by atoms with Crippen LogP contribution in [0.15, 0.2) is 48.7 Å². The molecule has 0 N–H and O–H groups in total. The van der Waals surface area contributed by atoms with Crippen molar-refractivity contribution in [2.45, 2.75) is 13.8 Å². The first-order valence-corrected chi connectivity index (χ1v) is 8.37. The molecule has 0 saturated carbocycles. The number of aromatic nitrogens is 3. The van der Waals surface area contributed by atoms with E-state index in [2.05, 4.69) is 15.0 Å². The number of hydrogen-bond donors (Lipinski definition) is 0. The van der Waals surface area contributed by atoms with E-state index < -0.39 is 6.16 Å². The molecule has 26 heavy (non-hydrogen) atoms. The molecule has 0 aliphatic rings. The normalized spacial score (nSPS) is 10.4. The number of rotatable bonds is 4. The topological polar surface area (TPSA) is 74.2 Å². The zero-order valence-electron chi connectivity index (χ0n) is 14.3. The van der Waals surface area contributed by atoms with E-state index in [1.54, 1.807) is 38.2 Å². The van der Waals surface area contributed by atoms with Crippen LogP contribution in [-0.4, -0.2) is 27.7 Å². The molecule has 0 atom stereocenters. The van der Waals surface area contributed by atoms with Crippen molar-refractivity contribution in [3.63, 3.8) is 0 Å². The number of nitrogens with zero attached hydrogens (tertiary/aromatic N) is 3. The third-order valence-electron chi connectivity index (χ3n) is 3.51. The van der Waals surface area contributed by atoms with Crippen LogP contribution in [0.4, 0.5) is 4.79 Å². The quantitative estimate of drug-likeness (QED) is 0.620. The van der Waals surface area contributed by atoms with Crippen LogP contribution in [0.3, 0.4) is 0 Å². The number of hydrogen-bond acceptors (Lipinski definition) is 6. The summed E-state index contributed by atoms with van der Waals surface area (Å²) < 4.78 is 10.2. The fourth-order valence-corrected chi connectivity index (χ4v) is 2.59. The summed E-state index contributed by atoms with van der Waals surface area (Å²) in [4.78, 5) is 25.1. The zero-order chi connectivity index (χ0) is 18.5. The summed E-state index contributed by atoms with van der Waals surface area (Å²) in [6, 6.07) is 12.6. The predicted molar refractivity (Wildman–Crippen MR) is 98.1 cm³/mol. The van der Waals surface area contributed by atoms with Gasteiger partial charge in [0.2, 0.25) is 0 Å². The molecule has 2 aromatic heterocycles. The van der Waals surface area contributed by atoms with Crippen LogP contribution in [0.5, 0.6) is 5.75 Å². The van der Waals surface area contributed by atoms with Crippen molar-refractivity contribution in [2.75, 3.05) is 6.61 Å². The molecule has 2 heterocycles. The van der Waals surface area contributed by atoms with E-state index in [9.17, 15) is 4.79 Å². The molecule has 0 radical (unpaired) electrons. The van der Waals surface area contributed by atoms with Crippen LogP contribution >= 0.6 is 11.6 Å². The Kier molecular flexibility index (Phi) is 5.43. The maximum absolute atomic E-state index is 11.8. The number of halogens is 1. The maximum atomic E-state index is 11.8. The molecule has 0 unspecified atom stereocenters. The summed E-state index contributed by atoms with van der Waals surface area (Å²) in [5.41, 5.74) is 2.10. The number of benzene rings is 1. The first-order chi connectivity index (χ1) is 12.6. The largest absolute Gasteiger partial charge is 0.513 e. The smallest absolute Gasteiger partial charge is 0.434 e. The fourth-order valence-electron chi connectivity index (χ4n) is 2.36. The van der Waals surface area contributed by atoms with Crippen molar-refractivity contribution in [2.24, 2.45) is 0 Å². The average Bonchev–Trinajstić information content (AvgIpc) is 2.65. The Bertz CT molecular complexity index is 933. The highest BCUT2D eigenvalue weighted by Gasteiger charge is 2.21. The summed E-state index contributed by atoms with van der Waals surface area (Å²) in [6.07, 6.45) is 0.838. The lowest BCUT2D eigenvalue weighted by atomic mass is 10.1. The lowest BCUT2D eigenvalue weighted by molar-refractivity contribution is 0.104. The van der Waals surface area contributed by atoms with Crippen LogP contribution < -0.4 is 4.74 Å². The zero-order valence-corrected chi connectivity index (χ0v) is 15.0. The molecule has 132 valence electrons. The Labute approximate surface area is 155 Å². The highest BCUT2D eigenvalue weighted by molar-refractivity contribution is 6.33. The Morgan fingerprint density at radius 2 is 1.88 bits per heavy atom. The Balaban J connectivity index is 2.17. The van der Waals surface area contributed by atoms with E-state index in [1.807, 2.05) is 24.3 Å².